The van der Waals surface area contributed by atoms with Gasteiger partial charge in [0.2, 0.25) is 5.91 Å². The molecule has 17 heavy (non-hydrogen) atoms. The summed E-state index contributed by atoms with van der Waals surface area (Å²) in [5.74, 6) is 0.691. The number of anilines is 1. The van der Waals surface area contributed by atoms with Gasteiger partial charge < -0.3 is 15.4 Å². The fraction of sp³-hybridized carbons (Fsp3) is 0.462. The van der Waals surface area contributed by atoms with Crippen LogP contribution in [0.5, 0.6) is 5.75 Å². The molecule has 0 heterocycles. The molecule has 0 saturated carbocycles. The van der Waals surface area contributed by atoms with E-state index in [9.17, 15) is 4.79 Å². The topological polar surface area (TPSA) is 50.4 Å². The average molecular weight is 236 g/mol. The number of hydrogen-bond acceptors (Lipinski definition) is 3. The summed E-state index contributed by atoms with van der Waals surface area (Å²) in [6.45, 7) is 4.46. The molecule has 4 heteroatoms. The molecule has 0 fully saturated rings. The molecule has 1 aromatic rings. The van der Waals surface area contributed by atoms with Crippen LogP contribution in [0.4, 0.5) is 5.69 Å². The van der Waals surface area contributed by atoms with Crippen LogP contribution in [0.2, 0.25) is 0 Å². The first-order valence-electron chi connectivity index (χ1n) is 5.83. The van der Waals surface area contributed by atoms with Crippen molar-refractivity contribution in [1.29, 1.82) is 0 Å². The lowest BCUT2D eigenvalue weighted by molar-refractivity contribution is -0.115. The smallest absolute Gasteiger partial charge is 0.238 e. The third-order valence-corrected chi connectivity index (χ3v) is 2.58. The Balaban J connectivity index is 2.44. The Labute approximate surface area is 102 Å². The molecule has 0 radical (unpaired) electrons. The highest BCUT2D eigenvalue weighted by atomic mass is 16.5. The lowest BCUT2D eigenvalue weighted by atomic mass is 10.2. The highest BCUT2D eigenvalue weighted by molar-refractivity contribution is 5.92. The molecule has 1 atom stereocenters. The normalized spacial score (nSPS) is 11.9. The van der Waals surface area contributed by atoms with Crippen LogP contribution >= 0.6 is 0 Å². The summed E-state index contributed by atoms with van der Waals surface area (Å²) >= 11 is 0. The van der Waals surface area contributed by atoms with Gasteiger partial charge in [0.15, 0.2) is 0 Å². The Morgan fingerprint density at radius 1 is 1.47 bits per heavy atom. The Hall–Kier alpha value is -1.55. The van der Waals surface area contributed by atoms with Gasteiger partial charge in [0, 0.05) is 17.8 Å². The number of carbonyl (C=O) groups is 1. The number of hydrogen-bond donors (Lipinski definition) is 2. The number of amides is 1. The number of methoxy groups -OCH3 is 1. The second-order valence-electron chi connectivity index (χ2n) is 3.97. The molecule has 0 saturated heterocycles. The molecular weight excluding hydrogens is 216 g/mol. The molecule has 1 rings (SSSR count). The van der Waals surface area contributed by atoms with Gasteiger partial charge in [-0.25, -0.2) is 0 Å². The van der Waals surface area contributed by atoms with Crippen molar-refractivity contribution in [3.63, 3.8) is 0 Å². The van der Waals surface area contributed by atoms with Gasteiger partial charge in [0.25, 0.3) is 0 Å². The summed E-state index contributed by atoms with van der Waals surface area (Å²) in [6.07, 6.45) is 1.01. The molecule has 2 N–H and O–H groups in total. The van der Waals surface area contributed by atoms with E-state index in [0.717, 1.165) is 17.9 Å². The van der Waals surface area contributed by atoms with Crippen LogP contribution < -0.4 is 15.4 Å². The van der Waals surface area contributed by atoms with Crippen LogP contribution in [-0.4, -0.2) is 25.6 Å². The predicted molar refractivity (Wildman–Crippen MR) is 69.4 cm³/mol. The first-order valence-corrected chi connectivity index (χ1v) is 5.83. The van der Waals surface area contributed by atoms with E-state index >= 15 is 0 Å². The first kappa shape index (κ1) is 13.5. The summed E-state index contributed by atoms with van der Waals surface area (Å²) in [6, 6.07) is 7.67. The zero-order valence-corrected chi connectivity index (χ0v) is 10.6. The summed E-state index contributed by atoms with van der Waals surface area (Å²) in [4.78, 5) is 11.6. The Kier molecular flexibility index (Phi) is 5.49. The van der Waals surface area contributed by atoms with Crippen molar-refractivity contribution in [3.8, 4) is 5.75 Å². The Bertz CT molecular complexity index is 366. The Morgan fingerprint density at radius 3 is 2.88 bits per heavy atom. The second kappa shape index (κ2) is 6.91. The van der Waals surface area contributed by atoms with Gasteiger partial charge in [-0.1, -0.05) is 13.0 Å². The van der Waals surface area contributed by atoms with E-state index in [4.69, 9.17) is 4.74 Å². The lowest BCUT2D eigenvalue weighted by Crippen LogP contribution is -2.33. The maximum absolute atomic E-state index is 11.6. The number of nitrogens with one attached hydrogen (secondary N) is 2. The summed E-state index contributed by atoms with van der Waals surface area (Å²) in [5.41, 5.74) is 0.750. The van der Waals surface area contributed by atoms with E-state index in [2.05, 4.69) is 24.5 Å². The van der Waals surface area contributed by atoms with Gasteiger partial charge in [-0.05, 0) is 25.5 Å². The van der Waals surface area contributed by atoms with Crippen molar-refractivity contribution in [2.45, 2.75) is 26.3 Å². The van der Waals surface area contributed by atoms with E-state index in [0.29, 0.717) is 12.6 Å². The van der Waals surface area contributed by atoms with Crippen molar-refractivity contribution in [2.24, 2.45) is 0 Å². The SMILES string of the molecule is CCC(C)NCC(=O)Nc1cccc(OC)c1. The molecule has 0 aliphatic rings. The minimum absolute atomic E-state index is 0.0430. The second-order valence-corrected chi connectivity index (χ2v) is 3.97. The van der Waals surface area contributed by atoms with Crippen LogP contribution in [0.25, 0.3) is 0 Å². The summed E-state index contributed by atoms with van der Waals surface area (Å²) < 4.78 is 5.09. The molecule has 1 unspecified atom stereocenters. The molecule has 0 aliphatic heterocycles. The quantitative estimate of drug-likeness (QED) is 0.794. The first-order chi connectivity index (χ1) is 8.15. The van der Waals surface area contributed by atoms with Crippen molar-refractivity contribution in [1.82, 2.24) is 5.32 Å². The van der Waals surface area contributed by atoms with Gasteiger partial charge >= 0.3 is 0 Å². The number of ether oxygens (including phenoxy) is 1. The molecular formula is C13H20N2O2. The predicted octanol–water partition coefficient (Wildman–Crippen LogP) is 2.02. The fourth-order valence-corrected chi connectivity index (χ4v) is 1.32. The van der Waals surface area contributed by atoms with Crippen molar-refractivity contribution in [3.05, 3.63) is 24.3 Å². The van der Waals surface area contributed by atoms with E-state index in [1.807, 2.05) is 18.2 Å². The molecule has 1 amide bonds. The number of carbonyl (C=O) groups excluding carboxylic acids is 1. The standard InChI is InChI=1S/C13H20N2O2/c1-4-10(2)14-9-13(16)15-11-6-5-7-12(8-11)17-3/h5-8,10,14H,4,9H2,1-3H3,(H,15,16). The fourth-order valence-electron chi connectivity index (χ4n) is 1.32. The van der Waals surface area contributed by atoms with Crippen LogP contribution in [0.3, 0.4) is 0 Å². The minimum atomic E-state index is -0.0430. The van der Waals surface area contributed by atoms with Crippen molar-refractivity contribution < 1.29 is 9.53 Å². The van der Waals surface area contributed by atoms with E-state index in [1.54, 1.807) is 13.2 Å². The minimum Gasteiger partial charge on any atom is -0.497 e. The molecule has 94 valence electrons. The molecule has 4 nitrogen and oxygen atoms in total. The Morgan fingerprint density at radius 2 is 2.24 bits per heavy atom. The van der Waals surface area contributed by atoms with Crippen LogP contribution in [-0.2, 0) is 4.79 Å². The van der Waals surface area contributed by atoms with Gasteiger partial charge in [-0.3, -0.25) is 4.79 Å². The number of benzene rings is 1. The summed E-state index contributed by atoms with van der Waals surface area (Å²) in [5, 5.41) is 5.95. The molecule has 1 aromatic carbocycles. The maximum atomic E-state index is 11.6. The number of rotatable bonds is 6. The van der Waals surface area contributed by atoms with Crippen LogP contribution in [0, 0.1) is 0 Å². The van der Waals surface area contributed by atoms with Crippen molar-refractivity contribution >= 4 is 11.6 Å². The third-order valence-electron chi connectivity index (χ3n) is 2.58. The molecule has 0 bridgehead atoms. The van der Waals surface area contributed by atoms with Crippen LogP contribution in [0.15, 0.2) is 24.3 Å². The summed E-state index contributed by atoms with van der Waals surface area (Å²) in [7, 11) is 1.60. The van der Waals surface area contributed by atoms with Gasteiger partial charge in [0.05, 0.1) is 13.7 Å². The van der Waals surface area contributed by atoms with E-state index in [-0.39, 0.29) is 5.91 Å². The van der Waals surface area contributed by atoms with Gasteiger partial charge in [0.1, 0.15) is 5.75 Å². The monoisotopic (exact) mass is 236 g/mol. The molecule has 0 spiro atoms. The van der Waals surface area contributed by atoms with Gasteiger partial charge in [-0.2, -0.15) is 0 Å². The molecule has 0 aromatic heterocycles. The van der Waals surface area contributed by atoms with E-state index < -0.39 is 0 Å². The van der Waals surface area contributed by atoms with Crippen LogP contribution in [0.1, 0.15) is 20.3 Å². The third kappa shape index (κ3) is 4.87. The highest BCUT2D eigenvalue weighted by Gasteiger charge is 2.04. The van der Waals surface area contributed by atoms with Crippen molar-refractivity contribution in [2.75, 3.05) is 19.0 Å². The lowest BCUT2D eigenvalue weighted by Gasteiger charge is -2.11. The zero-order valence-electron chi connectivity index (χ0n) is 10.6. The largest absolute Gasteiger partial charge is 0.497 e. The highest BCUT2D eigenvalue weighted by Crippen LogP contribution is 2.16. The van der Waals surface area contributed by atoms with E-state index in [1.165, 1.54) is 0 Å². The maximum Gasteiger partial charge on any atom is 0.238 e. The average Bonchev–Trinajstić information content (AvgIpc) is 2.36. The molecule has 0 aliphatic carbocycles. The zero-order chi connectivity index (χ0) is 12.7. The van der Waals surface area contributed by atoms with Gasteiger partial charge in [-0.15, -0.1) is 0 Å².